The van der Waals surface area contributed by atoms with Gasteiger partial charge in [0, 0.05) is 38.4 Å². The van der Waals surface area contributed by atoms with Gasteiger partial charge in [0.05, 0.1) is 41.2 Å². The van der Waals surface area contributed by atoms with Crippen molar-refractivity contribution in [2.75, 3.05) is 45.9 Å². The number of rotatable bonds is 8. The zero-order valence-electron chi connectivity index (χ0n) is 15.4. The number of carbonyl (C=O) groups is 1. The summed E-state index contributed by atoms with van der Waals surface area (Å²) in [6, 6.07) is 7.48. The number of carbonyl (C=O) groups excluding carboxylic acids is 1. The minimum atomic E-state index is 0.472. The molecule has 6 nitrogen and oxygen atoms in total. The molecule has 0 N–H and O–H groups in total. The first-order valence-electron chi connectivity index (χ1n) is 9.04. The second-order valence-corrected chi connectivity index (χ2v) is 7.46. The summed E-state index contributed by atoms with van der Waals surface area (Å²) in [6.45, 7) is 8.37. The molecule has 1 aliphatic rings. The Balaban J connectivity index is 1.45. The van der Waals surface area contributed by atoms with Crippen molar-refractivity contribution in [3.63, 3.8) is 0 Å². The van der Waals surface area contributed by atoms with Crippen LogP contribution in [0.5, 0.6) is 0 Å². The number of halogens is 2. The molecule has 8 heteroatoms. The van der Waals surface area contributed by atoms with Crippen molar-refractivity contribution in [2.24, 2.45) is 0 Å². The van der Waals surface area contributed by atoms with Crippen LogP contribution in [-0.2, 0) is 16.1 Å². The molecule has 2 aromatic rings. The molecular formula is C19H24Cl2N4O2. The van der Waals surface area contributed by atoms with Crippen LogP contribution in [0.25, 0.3) is 5.69 Å². The van der Waals surface area contributed by atoms with Crippen LogP contribution < -0.4 is 0 Å². The molecule has 1 aromatic heterocycles. The summed E-state index contributed by atoms with van der Waals surface area (Å²) in [5.41, 5.74) is 2.77. The van der Waals surface area contributed by atoms with Crippen molar-refractivity contribution < 1.29 is 9.53 Å². The maximum atomic E-state index is 10.6. The molecule has 0 spiro atoms. The number of aldehydes is 1. The lowest BCUT2D eigenvalue weighted by molar-refractivity contribution is -0.109. The molecule has 0 saturated carbocycles. The minimum absolute atomic E-state index is 0.472. The molecule has 0 radical (unpaired) electrons. The van der Waals surface area contributed by atoms with Gasteiger partial charge in [-0.1, -0.05) is 23.2 Å². The molecule has 0 bridgehead atoms. The van der Waals surface area contributed by atoms with E-state index in [-0.39, 0.29) is 0 Å². The van der Waals surface area contributed by atoms with Crippen LogP contribution in [0.2, 0.25) is 10.0 Å². The highest BCUT2D eigenvalue weighted by atomic mass is 35.5. The summed E-state index contributed by atoms with van der Waals surface area (Å²) in [4.78, 5) is 15.1. The van der Waals surface area contributed by atoms with Gasteiger partial charge in [0.2, 0.25) is 0 Å². The normalized spacial score (nSPS) is 16.0. The first-order chi connectivity index (χ1) is 13.1. The number of aryl methyl sites for hydroxylation is 1. The van der Waals surface area contributed by atoms with Gasteiger partial charge in [-0.2, -0.15) is 5.10 Å². The number of piperazine rings is 1. The van der Waals surface area contributed by atoms with Crippen LogP contribution in [0.1, 0.15) is 11.4 Å². The lowest BCUT2D eigenvalue weighted by atomic mass is 10.3. The Hall–Kier alpha value is -1.44. The van der Waals surface area contributed by atoms with E-state index in [2.05, 4.69) is 14.9 Å². The zero-order valence-corrected chi connectivity index (χ0v) is 16.9. The first kappa shape index (κ1) is 20.3. The number of ether oxygens (including phenoxy) is 1. The van der Waals surface area contributed by atoms with Gasteiger partial charge in [0.1, 0.15) is 6.29 Å². The third-order valence-corrected chi connectivity index (χ3v) is 5.42. The van der Waals surface area contributed by atoms with Crippen molar-refractivity contribution in [3.8, 4) is 5.69 Å². The fourth-order valence-corrected chi connectivity index (χ4v) is 3.45. The van der Waals surface area contributed by atoms with Crippen molar-refractivity contribution in [1.29, 1.82) is 0 Å². The Morgan fingerprint density at radius 1 is 1.11 bits per heavy atom. The van der Waals surface area contributed by atoms with Gasteiger partial charge in [0.15, 0.2) is 0 Å². The van der Waals surface area contributed by atoms with Crippen LogP contribution in [0, 0.1) is 6.92 Å². The van der Waals surface area contributed by atoms with E-state index in [9.17, 15) is 4.79 Å². The predicted octanol–water partition coefficient (Wildman–Crippen LogP) is 2.82. The Kier molecular flexibility index (Phi) is 7.26. The fourth-order valence-electron chi connectivity index (χ4n) is 3.16. The lowest BCUT2D eigenvalue weighted by Gasteiger charge is -2.33. The molecule has 0 unspecified atom stereocenters. The fraction of sp³-hybridized carbons (Fsp3) is 0.474. The van der Waals surface area contributed by atoms with E-state index in [1.54, 1.807) is 12.1 Å². The number of aromatic nitrogens is 2. The van der Waals surface area contributed by atoms with Gasteiger partial charge in [0.25, 0.3) is 0 Å². The highest BCUT2D eigenvalue weighted by molar-refractivity contribution is 6.42. The molecule has 0 amide bonds. The van der Waals surface area contributed by atoms with Crippen molar-refractivity contribution in [1.82, 2.24) is 19.6 Å². The highest BCUT2D eigenvalue weighted by Crippen LogP contribution is 2.25. The molecule has 27 heavy (non-hydrogen) atoms. The SMILES string of the molecule is Cc1cc(COCCN2CCN(CC=O)CC2)nn1-c1ccc(Cl)c(Cl)c1. The van der Waals surface area contributed by atoms with Crippen molar-refractivity contribution >= 4 is 29.5 Å². The molecular weight excluding hydrogens is 387 g/mol. The summed E-state index contributed by atoms with van der Waals surface area (Å²) in [5.74, 6) is 0. The third-order valence-electron chi connectivity index (χ3n) is 4.69. The van der Waals surface area contributed by atoms with Crippen LogP contribution in [0.4, 0.5) is 0 Å². The largest absolute Gasteiger partial charge is 0.374 e. The topological polar surface area (TPSA) is 50.6 Å². The van der Waals surface area contributed by atoms with E-state index in [0.717, 1.165) is 56.1 Å². The van der Waals surface area contributed by atoms with Crippen molar-refractivity contribution in [3.05, 3.63) is 45.7 Å². The molecule has 3 rings (SSSR count). The molecule has 1 saturated heterocycles. The summed E-state index contributed by atoms with van der Waals surface area (Å²) in [5, 5.41) is 5.64. The van der Waals surface area contributed by atoms with Gasteiger partial charge in [-0.15, -0.1) is 0 Å². The third kappa shape index (κ3) is 5.53. The summed E-state index contributed by atoms with van der Waals surface area (Å²) >= 11 is 12.1. The lowest BCUT2D eigenvalue weighted by Crippen LogP contribution is -2.47. The van der Waals surface area contributed by atoms with E-state index in [0.29, 0.717) is 29.8 Å². The molecule has 1 fully saturated rings. The van der Waals surface area contributed by atoms with E-state index in [1.807, 2.05) is 23.7 Å². The Bertz CT molecular complexity index is 773. The summed E-state index contributed by atoms with van der Waals surface area (Å²) in [6.07, 6.45) is 0.970. The standard InChI is InChI=1S/C19H24Cl2N4O2/c1-15-12-16(22-25(15)17-2-3-18(20)19(21)13-17)14-27-11-9-24-6-4-23(5-7-24)8-10-26/h2-3,10,12-13H,4-9,11,14H2,1H3. The maximum absolute atomic E-state index is 10.6. The number of benzene rings is 1. The maximum Gasteiger partial charge on any atom is 0.133 e. The summed E-state index contributed by atoms with van der Waals surface area (Å²) in [7, 11) is 0. The van der Waals surface area contributed by atoms with Gasteiger partial charge in [-0.3, -0.25) is 9.80 Å². The van der Waals surface area contributed by atoms with Crippen LogP contribution in [0.15, 0.2) is 24.3 Å². The van der Waals surface area contributed by atoms with Crippen LogP contribution >= 0.6 is 23.2 Å². The van der Waals surface area contributed by atoms with Gasteiger partial charge in [-0.25, -0.2) is 4.68 Å². The average Bonchev–Trinajstić information content (AvgIpc) is 3.03. The van der Waals surface area contributed by atoms with E-state index >= 15 is 0 Å². The van der Waals surface area contributed by atoms with E-state index < -0.39 is 0 Å². The second kappa shape index (κ2) is 9.66. The van der Waals surface area contributed by atoms with Crippen molar-refractivity contribution in [2.45, 2.75) is 13.5 Å². The monoisotopic (exact) mass is 410 g/mol. The minimum Gasteiger partial charge on any atom is -0.374 e. The summed E-state index contributed by atoms with van der Waals surface area (Å²) < 4.78 is 7.65. The molecule has 0 atom stereocenters. The van der Waals surface area contributed by atoms with Crippen LogP contribution in [-0.4, -0.2) is 71.7 Å². The van der Waals surface area contributed by atoms with Gasteiger partial charge in [-0.05, 0) is 31.2 Å². The van der Waals surface area contributed by atoms with E-state index in [4.69, 9.17) is 27.9 Å². The molecule has 2 heterocycles. The highest BCUT2D eigenvalue weighted by Gasteiger charge is 2.16. The number of hydrogen-bond donors (Lipinski definition) is 0. The zero-order chi connectivity index (χ0) is 19.2. The Labute approximate surface area is 169 Å². The number of hydrogen-bond acceptors (Lipinski definition) is 5. The van der Waals surface area contributed by atoms with Crippen LogP contribution in [0.3, 0.4) is 0 Å². The first-order valence-corrected chi connectivity index (χ1v) is 9.79. The van der Waals surface area contributed by atoms with Gasteiger partial charge >= 0.3 is 0 Å². The second-order valence-electron chi connectivity index (χ2n) is 6.65. The van der Waals surface area contributed by atoms with E-state index in [1.165, 1.54) is 0 Å². The molecule has 1 aliphatic heterocycles. The Morgan fingerprint density at radius 2 is 1.85 bits per heavy atom. The number of nitrogens with zero attached hydrogens (tertiary/aromatic N) is 4. The molecule has 146 valence electrons. The quantitative estimate of drug-likeness (QED) is 0.494. The molecule has 0 aliphatic carbocycles. The molecule has 1 aromatic carbocycles. The Morgan fingerprint density at radius 3 is 2.56 bits per heavy atom. The average molecular weight is 411 g/mol. The predicted molar refractivity (Wildman–Crippen MR) is 107 cm³/mol. The van der Waals surface area contributed by atoms with Gasteiger partial charge < -0.3 is 9.53 Å². The smallest absolute Gasteiger partial charge is 0.133 e.